The van der Waals surface area contributed by atoms with Gasteiger partial charge >= 0.3 is 0 Å². The molecule has 5 rings (SSSR count). The quantitative estimate of drug-likeness (QED) is 0.624. The zero-order valence-electron chi connectivity index (χ0n) is 17.3. The Labute approximate surface area is 185 Å². The van der Waals surface area contributed by atoms with Gasteiger partial charge in [0.05, 0.1) is 0 Å². The van der Waals surface area contributed by atoms with Gasteiger partial charge in [-0.05, 0) is 37.1 Å². The van der Waals surface area contributed by atoms with Crippen LogP contribution in [0.3, 0.4) is 0 Å². The summed E-state index contributed by atoms with van der Waals surface area (Å²) in [5, 5.41) is 0.711. The molecule has 1 fully saturated rings. The molecule has 1 saturated heterocycles. The van der Waals surface area contributed by atoms with E-state index in [1.807, 2.05) is 29.2 Å². The van der Waals surface area contributed by atoms with Crippen LogP contribution in [0.15, 0.2) is 35.4 Å². The van der Waals surface area contributed by atoms with Gasteiger partial charge in [0.1, 0.15) is 18.7 Å². The summed E-state index contributed by atoms with van der Waals surface area (Å²) in [4.78, 5) is 38.9. The van der Waals surface area contributed by atoms with Crippen LogP contribution in [-0.2, 0) is 24.3 Å². The molecular formula is C22H25ClN6O2. The maximum absolute atomic E-state index is 13.0. The highest BCUT2D eigenvalue weighted by atomic mass is 35.5. The van der Waals surface area contributed by atoms with Crippen LogP contribution in [0.2, 0.25) is 5.02 Å². The van der Waals surface area contributed by atoms with E-state index in [-0.39, 0.29) is 18.0 Å². The first-order valence-corrected chi connectivity index (χ1v) is 11.2. The zero-order chi connectivity index (χ0) is 21.4. The molecule has 0 saturated carbocycles. The smallest absolute Gasteiger partial charge is 0.282 e. The third kappa shape index (κ3) is 3.92. The number of benzene rings is 1. The van der Waals surface area contributed by atoms with Gasteiger partial charge in [0, 0.05) is 49.9 Å². The first-order chi connectivity index (χ1) is 15.1. The van der Waals surface area contributed by atoms with Gasteiger partial charge in [0.15, 0.2) is 11.2 Å². The van der Waals surface area contributed by atoms with Crippen LogP contribution < -0.4 is 10.5 Å². The minimum atomic E-state index is -0.237. The summed E-state index contributed by atoms with van der Waals surface area (Å²) in [6.45, 7) is 3.56. The number of rotatable bonds is 3. The summed E-state index contributed by atoms with van der Waals surface area (Å²) < 4.78 is 3.45. The van der Waals surface area contributed by atoms with Crippen LogP contribution in [0.5, 0.6) is 0 Å². The van der Waals surface area contributed by atoms with E-state index in [0.717, 1.165) is 50.4 Å². The number of aromatic nitrogens is 4. The molecule has 162 valence electrons. The molecule has 1 aromatic carbocycles. The number of piperazine rings is 1. The zero-order valence-corrected chi connectivity index (χ0v) is 18.1. The van der Waals surface area contributed by atoms with Gasteiger partial charge in [0.25, 0.3) is 5.56 Å². The average molecular weight is 441 g/mol. The molecule has 1 amide bonds. The van der Waals surface area contributed by atoms with Gasteiger partial charge in [-0.2, -0.15) is 0 Å². The fraction of sp³-hybridized carbons (Fsp3) is 0.455. The summed E-state index contributed by atoms with van der Waals surface area (Å²) in [5.74, 6) is 0.860. The Morgan fingerprint density at radius 3 is 2.55 bits per heavy atom. The first-order valence-electron chi connectivity index (χ1n) is 10.8. The lowest BCUT2D eigenvalue weighted by atomic mass is 10.2. The lowest BCUT2D eigenvalue weighted by molar-refractivity contribution is -0.132. The Morgan fingerprint density at radius 1 is 1.00 bits per heavy atom. The van der Waals surface area contributed by atoms with E-state index < -0.39 is 0 Å². The minimum Gasteiger partial charge on any atom is -0.368 e. The highest BCUT2D eigenvalue weighted by Gasteiger charge is 2.23. The number of carbonyl (C=O) groups excluding carboxylic acids is 1. The van der Waals surface area contributed by atoms with Crippen LogP contribution in [0.4, 0.5) is 5.69 Å². The maximum atomic E-state index is 13.0. The Hall–Kier alpha value is -2.87. The highest BCUT2D eigenvalue weighted by Crippen LogP contribution is 2.20. The Balaban J connectivity index is 1.28. The number of nitrogens with zero attached hydrogens (tertiary/aromatic N) is 6. The van der Waals surface area contributed by atoms with Crippen molar-refractivity contribution in [3.63, 3.8) is 0 Å². The van der Waals surface area contributed by atoms with Crippen molar-refractivity contribution in [2.24, 2.45) is 0 Å². The van der Waals surface area contributed by atoms with Gasteiger partial charge < -0.3 is 14.4 Å². The number of halogens is 1. The van der Waals surface area contributed by atoms with E-state index in [1.54, 1.807) is 0 Å². The molecule has 9 heteroatoms. The maximum Gasteiger partial charge on any atom is 0.282 e. The molecule has 2 aliphatic heterocycles. The normalized spacial score (nSPS) is 16.9. The van der Waals surface area contributed by atoms with Crippen molar-refractivity contribution < 1.29 is 4.79 Å². The van der Waals surface area contributed by atoms with Gasteiger partial charge in [-0.25, -0.2) is 9.97 Å². The number of hydrogen-bond acceptors (Lipinski definition) is 5. The molecule has 0 spiro atoms. The van der Waals surface area contributed by atoms with Crippen LogP contribution in [0.25, 0.3) is 11.2 Å². The van der Waals surface area contributed by atoms with E-state index in [1.165, 1.54) is 17.3 Å². The third-order valence-corrected chi connectivity index (χ3v) is 6.47. The number of aryl methyl sites for hydroxylation is 2. The van der Waals surface area contributed by atoms with Gasteiger partial charge in [0.2, 0.25) is 5.91 Å². The third-order valence-electron chi connectivity index (χ3n) is 6.21. The van der Waals surface area contributed by atoms with E-state index in [9.17, 15) is 9.59 Å². The van der Waals surface area contributed by atoms with Crippen LogP contribution in [-0.4, -0.2) is 56.1 Å². The molecule has 4 heterocycles. The summed E-state index contributed by atoms with van der Waals surface area (Å²) in [5.41, 5.74) is 1.88. The number of amides is 1. The first kappa shape index (κ1) is 20.1. The second-order valence-corrected chi connectivity index (χ2v) is 8.62. The molecule has 2 aromatic heterocycles. The number of imidazole rings is 1. The van der Waals surface area contributed by atoms with Gasteiger partial charge in [-0.15, -0.1) is 0 Å². The fourth-order valence-corrected chi connectivity index (χ4v) is 4.58. The lowest BCUT2D eigenvalue weighted by Gasteiger charge is -2.36. The second kappa shape index (κ2) is 8.34. The van der Waals surface area contributed by atoms with E-state index >= 15 is 0 Å². The fourth-order valence-electron chi connectivity index (χ4n) is 4.46. The van der Waals surface area contributed by atoms with Crippen molar-refractivity contribution >= 4 is 34.4 Å². The monoisotopic (exact) mass is 440 g/mol. The second-order valence-electron chi connectivity index (χ2n) is 8.18. The minimum absolute atomic E-state index is 0.00902. The van der Waals surface area contributed by atoms with Crippen molar-refractivity contribution in [3.05, 3.63) is 51.8 Å². The number of fused-ring (bicyclic) bond motifs is 3. The summed E-state index contributed by atoms with van der Waals surface area (Å²) >= 11 is 5.97. The molecule has 0 aliphatic carbocycles. The number of hydrogen-bond donors (Lipinski definition) is 0. The topological polar surface area (TPSA) is 76.3 Å². The largest absolute Gasteiger partial charge is 0.368 e. The van der Waals surface area contributed by atoms with Crippen molar-refractivity contribution in [1.29, 1.82) is 0 Å². The van der Waals surface area contributed by atoms with Crippen LogP contribution in [0.1, 0.15) is 25.1 Å². The van der Waals surface area contributed by atoms with Crippen LogP contribution >= 0.6 is 11.6 Å². The SMILES string of the molecule is O=C(Cn1cnc2c(nc3n2CCCCC3)c1=O)N1CCN(c2ccc(Cl)cc2)CC1. The standard InChI is InChI=1S/C22H25ClN6O2/c23-16-5-7-17(8-6-16)26-10-12-27(13-11-26)19(30)14-28-15-24-21-20(22(28)31)25-18-4-2-1-3-9-29(18)21/h5-8,15H,1-4,9-14H2. The molecule has 31 heavy (non-hydrogen) atoms. The number of carbonyl (C=O) groups is 1. The van der Waals surface area contributed by atoms with Crippen molar-refractivity contribution in [2.75, 3.05) is 31.1 Å². The van der Waals surface area contributed by atoms with Gasteiger partial charge in [-0.3, -0.25) is 14.2 Å². The van der Waals surface area contributed by atoms with E-state index in [4.69, 9.17) is 11.6 Å². The van der Waals surface area contributed by atoms with Crippen molar-refractivity contribution in [2.45, 2.75) is 38.8 Å². The Kier molecular flexibility index (Phi) is 5.40. The van der Waals surface area contributed by atoms with Gasteiger partial charge in [-0.1, -0.05) is 18.0 Å². The predicted molar refractivity (Wildman–Crippen MR) is 120 cm³/mol. The molecule has 0 atom stereocenters. The molecule has 2 aliphatic rings. The highest BCUT2D eigenvalue weighted by molar-refractivity contribution is 6.30. The molecule has 0 bridgehead atoms. The Bertz CT molecular complexity index is 1160. The summed E-state index contributed by atoms with van der Waals surface area (Å²) in [6, 6.07) is 7.73. The van der Waals surface area contributed by atoms with E-state index in [0.29, 0.717) is 29.3 Å². The molecule has 0 radical (unpaired) electrons. The molecule has 0 unspecified atom stereocenters. The van der Waals surface area contributed by atoms with E-state index in [2.05, 4.69) is 19.4 Å². The molecule has 3 aromatic rings. The predicted octanol–water partition coefficient (Wildman–Crippen LogP) is 2.32. The molecule has 0 N–H and O–H groups in total. The Morgan fingerprint density at radius 2 is 1.77 bits per heavy atom. The molecular weight excluding hydrogens is 416 g/mol. The van der Waals surface area contributed by atoms with Crippen LogP contribution in [0, 0.1) is 0 Å². The average Bonchev–Trinajstić information content (AvgIpc) is 2.98. The van der Waals surface area contributed by atoms with Crippen molar-refractivity contribution in [3.8, 4) is 0 Å². The lowest BCUT2D eigenvalue weighted by Crippen LogP contribution is -2.50. The summed E-state index contributed by atoms with van der Waals surface area (Å²) in [6.07, 6.45) is 5.68. The summed E-state index contributed by atoms with van der Waals surface area (Å²) in [7, 11) is 0. The molecule has 8 nitrogen and oxygen atoms in total. The number of anilines is 1. The van der Waals surface area contributed by atoms with Crippen molar-refractivity contribution in [1.82, 2.24) is 24.0 Å².